The number of hydrogen-bond donors (Lipinski definition) is 2. The molecule has 0 aliphatic carbocycles. The van der Waals surface area contributed by atoms with E-state index in [1.54, 1.807) is 19.2 Å². The van der Waals surface area contributed by atoms with Crippen LogP contribution in [-0.4, -0.2) is 7.11 Å². The first kappa shape index (κ1) is 13.2. The normalized spacial score (nSPS) is 9.74. The summed E-state index contributed by atoms with van der Waals surface area (Å²) in [5, 5.41) is 12.2. The van der Waals surface area contributed by atoms with Crippen LogP contribution < -0.4 is 15.8 Å². The van der Waals surface area contributed by atoms with Crippen LogP contribution in [0, 0.1) is 11.3 Å². The average Bonchev–Trinajstić information content (AvgIpc) is 2.41. The Balaban J connectivity index is 2.36. The summed E-state index contributed by atoms with van der Waals surface area (Å²) in [5.41, 5.74) is 8.48. The molecule has 0 aliphatic heterocycles. The molecule has 0 spiro atoms. The van der Waals surface area contributed by atoms with Gasteiger partial charge in [0.25, 0.3) is 0 Å². The molecule has 0 atom stereocenters. The molecule has 0 fully saturated rings. The fraction of sp³-hybridized carbons (Fsp3) is 0.0714. The van der Waals surface area contributed by atoms with Crippen molar-refractivity contribution < 1.29 is 4.74 Å². The van der Waals surface area contributed by atoms with E-state index in [2.05, 4.69) is 27.3 Å². The van der Waals surface area contributed by atoms with Crippen molar-refractivity contribution in [2.24, 2.45) is 0 Å². The Morgan fingerprint density at radius 2 is 2.00 bits per heavy atom. The van der Waals surface area contributed by atoms with Gasteiger partial charge in [-0.1, -0.05) is 15.9 Å². The standard InChI is InChI=1S/C14H12BrN3O/c1-19-11-4-5-13(12(17)7-11)18-14-6-10(15)3-2-9(14)8-16/h2-7,18H,17H2,1H3. The molecule has 0 amide bonds. The number of halogens is 1. The first-order valence-electron chi connectivity index (χ1n) is 5.54. The zero-order valence-electron chi connectivity index (χ0n) is 10.3. The van der Waals surface area contributed by atoms with Gasteiger partial charge < -0.3 is 15.8 Å². The van der Waals surface area contributed by atoms with Crippen molar-refractivity contribution in [2.45, 2.75) is 0 Å². The summed E-state index contributed by atoms with van der Waals surface area (Å²) in [4.78, 5) is 0. The van der Waals surface area contributed by atoms with Crippen molar-refractivity contribution in [3.8, 4) is 11.8 Å². The summed E-state index contributed by atoms with van der Waals surface area (Å²) in [6, 6.07) is 12.9. The maximum Gasteiger partial charge on any atom is 0.121 e. The van der Waals surface area contributed by atoms with Crippen molar-refractivity contribution in [1.29, 1.82) is 5.26 Å². The van der Waals surface area contributed by atoms with Gasteiger partial charge in [0.05, 0.1) is 29.7 Å². The molecular formula is C14H12BrN3O. The summed E-state index contributed by atoms with van der Waals surface area (Å²) in [6.45, 7) is 0. The lowest BCUT2D eigenvalue weighted by Gasteiger charge is -2.12. The number of anilines is 3. The van der Waals surface area contributed by atoms with E-state index in [1.807, 2.05) is 24.3 Å². The van der Waals surface area contributed by atoms with Gasteiger partial charge in [-0.15, -0.1) is 0 Å². The number of methoxy groups -OCH3 is 1. The number of nitrogens with one attached hydrogen (secondary N) is 1. The maximum absolute atomic E-state index is 9.08. The van der Waals surface area contributed by atoms with Crippen molar-refractivity contribution in [3.05, 3.63) is 46.4 Å². The Kier molecular flexibility index (Phi) is 3.93. The summed E-state index contributed by atoms with van der Waals surface area (Å²) in [7, 11) is 1.59. The summed E-state index contributed by atoms with van der Waals surface area (Å²) in [5.74, 6) is 0.692. The fourth-order valence-corrected chi connectivity index (χ4v) is 2.01. The highest BCUT2D eigenvalue weighted by molar-refractivity contribution is 9.10. The van der Waals surface area contributed by atoms with Crippen LogP contribution >= 0.6 is 15.9 Å². The van der Waals surface area contributed by atoms with Gasteiger partial charge in [0.2, 0.25) is 0 Å². The van der Waals surface area contributed by atoms with Crippen LogP contribution in [-0.2, 0) is 0 Å². The largest absolute Gasteiger partial charge is 0.497 e. The van der Waals surface area contributed by atoms with Crippen LogP contribution in [0.5, 0.6) is 5.75 Å². The zero-order valence-corrected chi connectivity index (χ0v) is 11.9. The molecule has 0 unspecified atom stereocenters. The third-order valence-electron chi connectivity index (χ3n) is 2.63. The van der Waals surface area contributed by atoms with Crippen LogP contribution in [0.3, 0.4) is 0 Å². The number of nitrogens with two attached hydrogens (primary N) is 1. The molecule has 4 nitrogen and oxygen atoms in total. The second kappa shape index (κ2) is 5.63. The second-order valence-electron chi connectivity index (χ2n) is 3.88. The third kappa shape index (κ3) is 2.98. The molecule has 2 aromatic rings. The van der Waals surface area contributed by atoms with Crippen LogP contribution in [0.2, 0.25) is 0 Å². The summed E-state index contributed by atoms with van der Waals surface area (Å²) < 4.78 is 5.99. The Bertz CT molecular complexity index is 650. The Morgan fingerprint density at radius 1 is 1.21 bits per heavy atom. The van der Waals surface area contributed by atoms with Gasteiger partial charge in [-0.05, 0) is 30.3 Å². The lowest BCUT2D eigenvalue weighted by atomic mass is 10.1. The zero-order chi connectivity index (χ0) is 13.8. The Morgan fingerprint density at radius 3 is 2.63 bits per heavy atom. The number of nitrogens with zero attached hydrogens (tertiary/aromatic N) is 1. The summed E-state index contributed by atoms with van der Waals surface area (Å²) >= 11 is 3.38. The third-order valence-corrected chi connectivity index (χ3v) is 3.12. The van der Waals surface area contributed by atoms with Crippen LogP contribution in [0.4, 0.5) is 17.1 Å². The van der Waals surface area contributed by atoms with E-state index in [0.29, 0.717) is 22.7 Å². The molecule has 2 aromatic carbocycles. The SMILES string of the molecule is COc1ccc(Nc2cc(Br)ccc2C#N)c(N)c1. The highest BCUT2D eigenvalue weighted by Crippen LogP contribution is 2.30. The van der Waals surface area contributed by atoms with E-state index < -0.39 is 0 Å². The van der Waals surface area contributed by atoms with Crippen molar-refractivity contribution >= 4 is 33.0 Å². The van der Waals surface area contributed by atoms with Crippen LogP contribution in [0.15, 0.2) is 40.9 Å². The predicted molar refractivity (Wildman–Crippen MR) is 79.5 cm³/mol. The minimum Gasteiger partial charge on any atom is -0.497 e. The van der Waals surface area contributed by atoms with Gasteiger partial charge in [-0.25, -0.2) is 0 Å². The molecule has 0 saturated heterocycles. The van der Waals surface area contributed by atoms with Crippen molar-refractivity contribution in [2.75, 3.05) is 18.2 Å². The highest BCUT2D eigenvalue weighted by Gasteiger charge is 2.06. The van der Waals surface area contributed by atoms with E-state index >= 15 is 0 Å². The quantitative estimate of drug-likeness (QED) is 0.847. The van der Waals surface area contributed by atoms with E-state index in [4.69, 9.17) is 15.7 Å². The number of hydrogen-bond acceptors (Lipinski definition) is 4. The van der Waals surface area contributed by atoms with Crippen molar-refractivity contribution in [3.63, 3.8) is 0 Å². The Labute approximate surface area is 119 Å². The van der Waals surface area contributed by atoms with Crippen molar-refractivity contribution in [1.82, 2.24) is 0 Å². The van der Waals surface area contributed by atoms with E-state index in [0.717, 1.165) is 10.2 Å². The van der Waals surface area contributed by atoms with Gasteiger partial charge in [-0.2, -0.15) is 5.26 Å². The number of benzene rings is 2. The number of ether oxygens (including phenoxy) is 1. The molecule has 0 heterocycles. The smallest absolute Gasteiger partial charge is 0.121 e. The van der Waals surface area contributed by atoms with Gasteiger partial charge >= 0.3 is 0 Å². The van der Waals surface area contributed by atoms with Gasteiger partial charge in [0, 0.05) is 10.5 Å². The topological polar surface area (TPSA) is 71.1 Å². The van der Waals surface area contributed by atoms with E-state index in [9.17, 15) is 0 Å². The van der Waals surface area contributed by atoms with Crippen LogP contribution in [0.25, 0.3) is 0 Å². The molecule has 19 heavy (non-hydrogen) atoms. The minimum absolute atomic E-state index is 0.554. The molecule has 2 rings (SSSR count). The highest BCUT2D eigenvalue weighted by atomic mass is 79.9. The predicted octanol–water partition coefficient (Wildman–Crippen LogP) is 3.66. The van der Waals surface area contributed by atoms with Gasteiger partial charge in [-0.3, -0.25) is 0 Å². The maximum atomic E-state index is 9.08. The molecule has 0 saturated carbocycles. The van der Waals surface area contributed by atoms with Crippen LogP contribution in [0.1, 0.15) is 5.56 Å². The molecule has 96 valence electrons. The lowest BCUT2D eigenvalue weighted by molar-refractivity contribution is 0.415. The van der Waals surface area contributed by atoms with Gasteiger partial charge in [0.15, 0.2) is 0 Å². The summed E-state index contributed by atoms with van der Waals surface area (Å²) in [6.07, 6.45) is 0. The molecule has 3 N–H and O–H groups in total. The molecule has 0 aromatic heterocycles. The number of nitrogen functional groups attached to an aromatic ring is 1. The molecule has 0 radical (unpaired) electrons. The molecular weight excluding hydrogens is 306 g/mol. The average molecular weight is 318 g/mol. The number of rotatable bonds is 3. The first-order chi connectivity index (χ1) is 9.13. The van der Waals surface area contributed by atoms with E-state index in [-0.39, 0.29) is 0 Å². The van der Waals surface area contributed by atoms with E-state index in [1.165, 1.54) is 0 Å². The molecule has 0 bridgehead atoms. The first-order valence-corrected chi connectivity index (χ1v) is 6.33. The number of nitriles is 1. The van der Waals surface area contributed by atoms with Gasteiger partial charge in [0.1, 0.15) is 11.8 Å². The molecule has 5 heteroatoms. The molecule has 0 aliphatic rings. The second-order valence-corrected chi connectivity index (χ2v) is 4.80. The minimum atomic E-state index is 0.554. The lowest BCUT2D eigenvalue weighted by Crippen LogP contribution is -1.98. The fourth-order valence-electron chi connectivity index (χ4n) is 1.64. The Hall–Kier alpha value is -2.19. The monoisotopic (exact) mass is 317 g/mol.